The average molecular weight is 543 g/mol. The summed E-state index contributed by atoms with van der Waals surface area (Å²) < 4.78 is 41.0. The van der Waals surface area contributed by atoms with Crippen LogP contribution in [0.2, 0.25) is 0 Å². The van der Waals surface area contributed by atoms with Gasteiger partial charge in [-0.1, -0.05) is 0 Å². The number of hydrazine groups is 1. The Morgan fingerprint density at radius 2 is 1.92 bits per heavy atom. The van der Waals surface area contributed by atoms with Crippen LogP contribution < -0.4 is 27.1 Å². The molecule has 5 rings (SSSR count). The van der Waals surface area contributed by atoms with E-state index in [1.807, 2.05) is 4.90 Å². The normalized spacial score (nSPS) is 19.5. The zero-order chi connectivity index (χ0) is 27.7. The van der Waals surface area contributed by atoms with E-state index in [1.165, 1.54) is 24.3 Å². The van der Waals surface area contributed by atoms with Crippen LogP contribution in [0.4, 0.5) is 36.2 Å². The van der Waals surface area contributed by atoms with Crippen LogP contribution >= 0.6 is 0 Å². The number of carbonyl (C=O) groups is 1. The molecule has 13 heteroatoms. The van der Waals surface area contributed by atoms with Crippen molar-refractivity contribution in [3.05, 3.63) is 65.5 Å². The van der Waals surface area contributed by atoms with E-state index in [4.69, 9.17) is 11.6 Å². The first-order valence-electron chi connectivity index (χ1n) is 12.5. The lowest BCUT2D eigenvalue weighted by Crippen LogP contribution is -2.50. The van der Waals surface area contributed by atoms with Crippen molar-refractivity contribution < 1.29 is 22.7 Å². The summed E-state index contributed by atoms with van der Waals surface area (Å²) >= 11 is 0. The Labute approximate surface area is 223 Å². The molecule has 0 bridgehead atoms. The van der Waals surface area contributed by atoms with Crippen LogP contribution in [0.25, 0.3) is 0 Å². The first kappa shape index (κ1) is 26.5. The molecule has 39 heavy (non-hydrogen) atoms. The number of benzene rings is 2. The zero-order valence-corrected chi connectivity index (χ0v) is 21.2. The molecule has 206 valence electrons. The van der Waals surface area contributed by atoms with E-state index < -0.39 is 6.36 Å². The van der Waals surface area contributed by atoms with Gasteiger partial charge in [0.25, 0.3) is 5.91 Å². The lowest BCUT2D eigenvalue weighted by molar-refractivity contribution is -0.274. The van der Waals surface area contributed by atoms with Gasteiger partial charge in [-0.2, -0.15) is 0 Å². The predicted molar refractivity (Wildman–Crippen MR) is 140 cm³/mol. The molecule has 6 N–H and O–H groups in total. The van der Waals surface area contributed by atoms with Crippen LogP contribution in [0.1, 0.15) is 41.4 Å². The van der Waals surface area contributed by atoms with Gasteiger partial charge in [0.1, 0.15) is 5.75 Å². The number of rotatable bonds is 6. The Bertz CT molecular complexity index is 1350. The molecule has 3 aromatic rings. The third-order valence-corrected chi connectivity index (χ3v) is 7.10. The number of fused-ring (bicyclic) bond motifs is 1. The van der Waals surface area contributed by atoms with Crippen molar-refractivity contribution in [2.45, 2.75) is 51.3 Å². The van der Waals surface area contributed by atoms with Crippen molar-refractivity contribution in [2.75, 3.05) is 23.0 Å². The number of hydrogen-bond donors (Lipinski definition) is 4. The van der Waals surface area contributed by atoms with E-state index in [0.29, 0.717) is 48.2 Å². The van der Waals surface area contributed by atoms with Gasteiger partial charge in [-0.15, -0.1) is 13.2 Å². The summed E-state index contributed by atoms with van der Waals surface area (Å²) in [6, 6.07) is 10.8. The Hall–Kier alpha value is -4.10. The summed E-state index contributed by atoms with van der Waals surface area (Å²) in [5.74, 6) is 5.45. The summed E-state index contributed by atoms with van der Waals surface area (Å²) in [6.45, 7) is 4.05. The molecule has 2 aliphatic rings. The van der Waals surface area contributed by atoms with Gasteiger partial charge in [0, 0.05) is 54.7 Å². The van der Waals surface area contributed by atoms with Crippen molar-refractivity contribution in [2.24, 2.45) is 5.84 Å². The van der Waals surface area contributed by atoms with E-state index >= 15 is 0 Å². The minimum Gasteiger partial charge on any atom is -0.406 e. The monoisotopic (exact) mass is 542 g/mol. The number of aromatic nitrogens is 2. The quantitative estimate of drug-likeness (QED) is 0.207. The molecule has 1 saturated heterocycles. The SMILES string of the molecule is CC1CC(N2Cc3cnc(Nc4ccc(OC(F)(F)F)cc4)nc3C2)CCN1C(=O)c1ccc(NN)c(N)c1. The summed E-state index contributed by atoms with van der Waals surface area (Å²) in [6.07, 6.45) is -1.31. The van der Waals surface area contributed by atoms with E-state index in [2.05, 4.69) is 37.3 Å². The topological polar surface area (TPSA) is 135 Å². The summed E-state index contributed by atoms with van der Waals surface area (Å²) in [5.41, 5.74) is 12.5. The second kappa shape index (κ2) is 10.6. The minimum absolute atomic E-state index is 0.0427. The van der Waals surface area contributed by atoms with Crippen molar-refractivity contribution in [1.82, 2.24) is 19.8 Å². The second-order valence-corrected chi connectivity index (χ2v) is 9.74. The first-order valence-corrected chi connectivity index (χ1v) is 12.5. The number of anilines is 4. The van der Waals surface area contributed by atoms with Gasteiger partial charge in [-0.25, -0.2) is 9.97 Å². The Balaban J connectivity index is 1.18. The number of carbonyl (C=O) groups excluding carboxylic acids is 1. The van der Waals surface area contributed by atoms with Crippen LogP contribution in [0.15, 0.2) is 48.7 Å². The zero-order valence-electron chi connectivity index (χ0n) is 21.2. The Morgan fingerprint density at radius 1 is 1.15 bits per heavy atom. The Kier molecular flexibility index (Phi) is 7.19. The highest BCUT2D eigenvalue weighted by molar-refractivity contribution is 5.96. The van der Waals surface area contributed by atoms with Crippen LogP contribution in [-0.2, 0) is 13.1 Å². The minimum atomic E-state index is -4.74. The number of alkyl halides is 3. The fraction of sp³-hybridized carbons (Fsp3) is 0.346. The fourth-order valence-electron chi connectivity index (χ4n) is 5.14. The molecular weight excluding hydrogens is 513 g/mol. The maximum atomic E-state index is 13.2. The van der Waals surface area contributed by atoms with Gasteiger partial charge < -0.3 is 26.1 Å². The molecule has 0 saturated carbocycles. The number of ether oxygens (including phenoxy) is 1. The number of piperidine rings is 1. The van der Waals surface area contributed by atoms with E-state index in [9.17, 15) is 18.0 Å². The summed E-state index contributed by atoms with van der Waals surface area (Å²) in [5, 5.41) is 3.03. The van der Waals surface area contributed by atoms with Crippen LogP contribution in [0.5, 0.6) is 5.75 Å². The van der Waals surface area contributed by atoms with Gasteiger partial charge in [0.2, 0.25) is 5.95 Å². The molecular formula is C26H29F3N8O2. The highest BCUT2D eigenvalue weighted by atomic mass is 19.4. The highest BCUT2D eigenvalue weighted by Gasteiger charge is 2.35. The third kappa shape index (κ3) is 5.99. The number of nitrogens with one attached hydrogen (secondary N) is 2. The lowest BCUT2D eigenvalue weighted by Gasteiger charge is -2.41. The molecule has 1 fully saturated rings. The molecule has 0 radical (unpaired) electrons. The molecule has 2 unspecified atom stereocenters. The second-order valence-electron chi connectivity index (χ2n) is 9.74. The van der Waals surface area contributed by atoms with Crippen LogP contribution in [0, 0.1) is 0 Å². The molecule has 1 amide bonds. The van der Waals surface area contributed by atoms with Gasteiger partial charge in [0.15, 0.2) is 0 Å². The fourth-order valence-corrected chi connectivity index (χ4v) is 5.14. The highest BCUT2D eigenvalue weighted by Crippen LogP contribution is 2.31. The summed E-state index contributed by atoms with van der Waals surface area (Å²) in [4.78, 5) is 26.4. The standard InChI is InChI=1S/C26H29F3N8O2/c1-15-10-19(8-9-37(15)24(38)16-2-7-22(35-31)21(30)11-16)36-13-17-12-32-25(34-23(17)14-36)33-18-3-5-20(6-4-18)39-26(27,28)29/h2-7,11-12,15,19,35H,8-10,13-14,30-31H2,1H3,(H,32,33,34). The molecule has 1 aromatic heterocycles. The molecule has 0 aliphatic carbocycles. The third-order valence-electron chi connectivity index (χ3n) is 7.10. The van der Waals surface area contributed by atoms with Gasteiger partial charge in [-0.3, -0.25) is 15.5 Å². The maximum absolute atomic E-state index is 13.2. The molecule has 2 aliphatic heterocycles. The molecule has 2 aromatic carbocycles. The Morgan fingerprint density at radius 3 is 2.59 bits per heavy atom. The van der Waals surface area contributed by atoms with Crippen molar-refractivity contribution in [1.29, 1.82) is 0 Å². The van der Waals surface area contributed by atoms with E-state index in [-0.39, 0.29) is 23.7 Å². The van der Waals surface area contributed by atoms with E-state index in [0.717, 1.165) is 24.1 Å². The number of nitrogens with zero attached hydrogens (tertiary/aromatic N) is 4. The van der Waals surface area contributed by atoms with Gasteiger partial charge in [0.05, 0.1) is 17.1 Å². The molecule has 2 atom stereocenters. The number of likely N-dealkylation sites (tertiary alicyclic amines) is 1. The number of halogens is 3. The molecule has 3 heterocycles. The number of nitrogen functional groups attached to an aromatic ring is 2. The van der Waals surface area contributed by atoms with Gasteiger partial charge in [-0.05, 0) is 62.2 Å². The number of amides is 1. The molecule has 10 nitrogen and oxygen atoms in total. The van der Waals surface area contributed by atoms with Crippen molar-refractivity contribution in [3.8, 4) is 5.75 Å². The maximum Gasteiger partial charge on any atom is 0.573 e. The van der Waals surface area contributed by atoms with Crippen LogP contribution in [-0.4, -0.2) is 50.7 Å². The predicted octanol–water partition coefficient (Wildman–Crippen LogP) is 4.00. The van der Waals surface area contributed by atoms with Gasteiger partial charge >= 0.3 is 6.36 Å². The number of nitrogens with two attached hydrogens (primary N) is 2. The average Bonchev–Trinajstić information content (AvgIpc) is 3.32. The lowest BCUT2D eigenvalue weighted by atomic mass is 9.96. The smallest absolute Gasteiger partial charge is 0.406 e. The van der Waals surface area contributed by atoms with Crippen molar-refractivity contribution in [3.63, 3.8) is 0 Å². The molecule has 0 spiro atoms. The van der Waals surface area contributed by atoms with Crippen LogP contribution in [0.3, 0.4) is 0 Å². The largest absolute Gasteiger partial charge is 0.573 e. The first-order chi connectivity index (χ1) is 18.6. The van der Waals surface area contributed by atoms with Crippen molar-refractivity contribution >= 4 is 28.9 Å². The van der Waals surface area contributed by atoms with E-state index in [1.54, 1.807) is 24.4 Å². The number of hydrogen-bond acceptors (Lipinski definition) is 9. The summed E-state index contributed by atoms with van der Waals surface area (Å²) in [7, 11) is 0.